The number of nitro benzene ring substituents is 1. The molecule has 1 aromatic carbocycles. The third-order valence-corrected chi connectivity index (χ3v) is 3.45. The zero-order valence-corrected chi connectivity index (χ0v) is 12.4. The SMILES string of the molecule is CC(=O)Oc1ccc([N+](=O)[O-])cc1C(=O)N1CCN(C)CC1. The molecule has 0 saturated carbocycles. The van der Waals surface area contributed by atoms with Crippen LogP contribution in [0.15, 0.2) is 18.2 Å². The first kappa shape index (κ1) is 15.9. The zero-order chi connectivity index (χ0) is 16.3. The van der Waals surface area contributed by atoms with E-state index in [1.54, 1.807) is 4.90 Å². The average Bonchev–Trinajstić information content (AvgIpc) is 2.47. The number of hydrogen-bond acceptors (Lipinski definition) is 6. The monoisotopic (exact) mass is 307 g/mol. The first-order valence-corrected chi connectivity index (χ1v) is 6.83. The summed E-state index contributed by atoms with van der Waals surface area (Å²) in [5.41, 5.74) is -0.178. The van der Waals surface area contributed by atoms with Gasteiger partial charge >= 0.3 is 5.97 Å². The highest BCUT2D eigenvalue weighted by atomic mass is 16.6. The summed E-state index contributed by atoms with van der Waals surface area (Å²) in [7, 11) is 1.96. The Morgan fingerprint density at radius 3 is 2.41 bits per heavy atom. The van der Waals surface area contributed by atoms with Gasteiger partial charge in [0.2, 0.25) is 0 Å². The number of hydrogen-bond donors (Lipinski definition) is 0. The van der Waals surface area contributed by atoms with E-state index in [2.05, 4.69) is 4.90 Å². The van der Waals surface area contributed by atoms with E-state index in [4.69, 9.17) is 4.74 Å². The van der Waals surface area contributed by atoms with Crippen LogP contribution < -0.4 is 4.74 Å². The minimum absolute atomic E-state index is 0.0361. The smallest absolute Gasteiger partial charge is 0.308 e. The number of esters is 1. The minimum Gasteiger partial charge on any atom is -0.426 e. The van der Waals surface area contributed by atoms with E-state index in [1.165, 1.54) is 19.1 Å². The van der Waals surface area contributed by atoms with Gasteiger partial charge in [0.15, 0.2) is 0 Å². The second kappa shape index (κ2) is 6.52. The summed E-state index contributed by atoms with van der Waals surface area (Å²) in [6, 6.07) is 3.64. The highest BCUT2D eigenvalue weighted by molar-refractivity contribution is 5.98. The molecule has 1 aliphatic heterocycles. The molecule has 0 aliphatic carbocycles. The van der Waals surface area contributed by atoms with Crippen molar-refractivity contribution in [2.24, 2.45) is 0 Å². The molecule has 2 rings (SSSR count). The molecule has 8 nitrogen and oxygen atoms in total. The normalized spacial score (nSPS) is 15.5. The number of amides is 1. The van der Waals surface area contributed by atoms with Crippen molar-refractivity contribution in [2.45, 2.75) is 6.92 Å². The van der Waals surface area contributed by atoms with Crippen LogP contribution in [-0.4, -0.2) is 59.8 Å². The van der Waals surface area contributed by atoms with Gasteiger partial charge in [0.05, 0.1) is 10.5 Å². The molecule has 1 fully saturated rings. The van der Waals surface area contributed by atoms with Gasteiger partial charge in [-0.15, -0.1) is 0 Å². The molecular weight excluding hydrogens is 290 g/mol. The second-order valence-corrected chi connectivity index (χ2v) is 5.13. The van der Waals surface area contributed by atoms with Gasteiger partial charge < -0.3 is 14.5 Å². The Bertz CT molecular complexity index is 608. The van der Waals surface area contributed by atoms with Crippen LogP contribution in [-0.2, 0) is 4.79 Å². The van der Waals surface area contributed by atoms with E-state index in [0.717, 1.165) is 19.2 Å². The minimum atomic E-state index is -0.585. The highest BCUT2D eigenvalue weighted by Gasteiger charge is 2.25. The Kier molecular flexibility index (Phi) is 4.71. The number of piperazine rings is 1. The molecule has 0 N–H and O–H groups in total. The highest BCUT2D eigenvalue weighted by Crippen LogP contribution is 2.26. The second-order valence-electron chi connectivity index (χ2n) is 5.13. The molecule has 0 bridgehead atoms. The van der Waals surface area contributed by atoms with Crippen molar-refractivity contribution in [3.8, 4) is 5.75 Å². The Balaban J connectivity index is 2.32. The van der Waals surface area contributed by atoms with E-state index >= 15 is 0 Å². The standard InChI is InChI=1S/C14H17N3O5/c1-10(18)22-13-4-3-11(17(20)21)9-12(13)14(19)16-7-5-15(2)6-8-16/h3-4,9H,5-8H2,1-2H3. The van der Waals surface area contributed by atoms with Crippen LogP contribution in [0.3, 0.4) is 0 Å². The lowest BCUT2D eigenvalue weighted by molar-refractivity contribution is -0.384. The van der Waals surface area contributed by atoms with E-state index < -0.39 is 10.9 Å². The molecule has 0 radical (unpaired) electrons. The molecule has 0 aromatic heterocycles. The number of rotatable bonds is 3. The molecule has 0 atom stereocenters. The third-order valence-electron chi connectivity index (χ3n) is 3.45. The summed E-state index contributed by atoms with van der Waals surface area (Å²) in [4.78, 5) is 37.7. The van der Waals surface area contributed by atoms with Crippen LogP contribution in [0.1, 0.15) is 17.3 Å². The van der Waals surface area contributed by atoms with Gasteiger partial charge in [-0.3, -0.25) is 19.7 Å². The Morgan fingerprint density at radius 2 is 1.86 bits per heavy atom. The van der Waals surface area contributed by atoms with Gasteiger partial charge in [-0.05, 0) is 13.1 Å². The molecule has 0 spiro atoms. The van der Waals surface area contributed by atoms with Crippen molar-refractivity contribution in [3.05, 3.63) is 33.9 Å². The summed E-state index contributed by atoms with van der Waals surface area (Å²) < 4.78 is 4.99. The third kappa shape index (κ3) is 3.59. The lowest BCUT2D eigenvalue weighted by atomic mass is 10.1. The largest absolute Gasteiger partial charge is 0.426 e. The predicted octanol–water partition coefficient (Wildman–Crippen LogP) is 0.908. The topological polar surface area (TPSA) is 93.0 Å². The van der Waals surface area contributed by atoms with Crippen molar-refractivity contribution < 1.29 is 19.2 Å². The van der Waals surface area contributed by atoms with Gasteiger partial charge in [-0.25, -0.2) is 0 Å². The van der Waals surface area contributed by atoms with Gasteiger partial charge in [0.25, 0.3) is 11.6 Å². The number of nitro groups is 1. The summed E-state index contributed by atoms with van der Waals surface area (Å²) >= 11 is 0. The molecule has 22 heavy (non-hydrogen) atoms. The maximum Gasteiger partial charge on any atom is 0.308 e. The molecule has 8 heteroatoms. The lowest BCUT2D eigenvalue weighted by Gasteiger charge is -2.32. The number of carbonyl (C=O) groups is 2. The molecule has 1 saturated heterocycles. The van der Waals surface area contributed by atoms with Crippen LogP contribution in [0.25, 0.3) is 0 Å². The van der Waals surface area contributed by atoms with E-state index in [9.17, 15) is 19.7 Å². The Morgan fingerprint density at radius 1 is 1.23 bits per heavy atom. The van der Waals surface area contributed by atoms with Crippen molar-refractivity contribution in [3.63, 3.8) is 0 Å². The summed E-state index contributed by atoms with van der Waals surface area (Å²) in [5.74, 6) is -0.906. The number of likely N-dealkylation sites (N-methyl/N-ethyl adjacent to an activating group) is 1. The summed E-state index contributed by atoms with van der Waals surface area (Å²) in [5, 5.41) is 10.9. The van der Waals surface area contributed by atoms with Gasteiger partial charge in [0.1, 0.15) is 5.75 Å². The molecule has 1 aliphatic rings. The lowest BCUT2D eigenvalue weighted by Crippen LogP contribution is -2.47. The summed E-state index contributed by atoms with van der Waals surface area (Å²) in [6.45, 7) is 3.72. The first-order valence-electron chi connectivity index (χ1n) is 6.83. The predicted molar refractivity (Wildman–Crippen MR) is 77.8 cm³/mol. The maximum atomic E-state index is 12.6. The molecule has 1 aromatic rings. The number of nitrogens with zero attached hydrogens (tertiary/aromatic N) is 3. The van der Waals surface area contributed by atoms with Gasteiger partial charge in [-0.2, -0.15) is 0 Å². The molecular formula is C14H17N3O5. The fraction of sp³-hybridized carbons (Fsp3) is 0.429. The Hall–Kier alpha value is -2.48. The number of benzene rings is 1. The fourth-order valence-corrected chi connectivity index (χ4v) is 2.22. The average molecular weight is 307 g/mol. The number of ether oxygens (including phenoxy) is 1. The fourth-order valence-electron chi connectivity index (χ4n) is 2.22. The van der Waals surface area contributed by atoms with Crippen LogP contribution >= 0.6 is 0 Å². The van der Waals surface area contributed by atoms with Gasteiger partial charge in [0, 0.05) is 45.2 Å². The van der Waals surface area contributed by atoms with Crippen molar-refractivity contribution in [1.29, 1.82) is 0 Å². The van der Waals surface area contributed by atoms with Crippen LogP contribution in [0.2, 0.25) is 0 Å². The zero-order valence-electron chi connectivity index (χ0n) is 12.4. The first-order chi connectivity index (χ1) is 10.4. The van der Waals surface area contributed by atoms with E-state index in [1.807, 2.05) is 7.05 Å². The quantitative estimate of drug-likeness (QED) is 0.356. The molecule has 1 amide bonds. The van der Waals surface area contributed by atoms with Crippen LogP contribution in [0.5, 0.6) is 5.75 Å². The van der Waals surface area contributed by atoms with Crippen LogP contribution in [0.4, 0.5) is 5.69 Å². The number of carbonyl (C=O) groups excluding carboxylic acids is 2. The van der Waals surface area contributed by atoms with Crippen LogP contribution in [0, 0.1) is 10.1 Å². The van der Waals surface area contributed by atoms with E-state index in [-0.39, 0.29) is 22.9 Å². The van der Waals surface area contributed by atoms with Crippen molar-refractivity contribution >= 4 is 17.6 Å². The molecule has 0 unspecified atom stereocenters. The summed E-state index contributed by atoms with van der Waals surface area (Å²) in [6.07, 6.45) is 0. The van der Waals surface area contributed by atoms with Gasteiger partial charge in [-0.1, -0.05) is 0 Å². The number of non-ortho nitro benzene ring substituents is 1. The molecule has 118 valence electrons. The Labute approximate surface area is 127 Å². The van der Waals surface area contributed by atoms with Crippen molar-refractivity contribution in [1.82, 2.24) is 9.80 Å². The van der Waals surface area contributed by atoms with E-state index in [0.29, 0.717) is 13.1 Å². The van der Waals surface area contributed by atoms with Crippen molar-refractivity contribution in [2.75, 3.05) is 33.2 Å². The molecule has 1 heterocycles. The maximum absolute atomic E-state index is 12.6.